The van der Waals surface area contributed by atoms with E-state index in [1.807, 2.05) is 0 Å². The molecule has 3 rings (SSSR count). The first-order chi connectivity index (χ1) is 13.0. The van der Waals surface area contributed by atoms with E-state index in [1.165, 1.54) is 36.6 Å². The summed E-state index contributed by atoms with van der Waals surface area (Å²) in [4.78, 5) is 12.8. The third-order valence-corrected chi connectivity index (χ3v) is 4.96. The lowest BCUT2D eigenvalue weighted by Crippen LogP contribution is -2.24. The fourth-order valence-corrected chi connectivity index (χ4v) is 3.55. The molecule has 0 aliphatic rings. The molecule has 0 aliphatic heterocycles. The number of carbonyl (C=O) groups excluding carboxylic acids is 1. The molecule has 0 atom stereocenters. The van der Waals surface area contributed by atoms with Gasteiger partial charge in [0.15, 0.2) is 11.5 Å². The highest BCUT2D eigenvalue weighted by molar-refractivity contribution is 7.20. The lowest BCUT2D eigenvalue weighted by molar-refractivity contribution is -0.0512. The van der Waals surface area contributed by atoms with Gasteiger partial charge in [0, 0.05) is 11.2 Å². The van der Waals surface area contributed by atoms with Gasteiger partial charge in [0.25, 0.3) is 5.91 Å². The fourth-order valence-electron chi connectivity index (χ4n) is 2.59. The number of alkyl halides is 2. The molecule has 142 valence electrons. The molecule has 0 spiro atoms. The fraction of sp³-hybridized carbons (Fsp3) is 0.211. The highest BCUT2D eigenvalue weighted by atomic mass is 32.1. The van der Waals surface area contributed by atoms with Crippen molar-refractivity contribution in [2.75, 3.05) is 13.7 Å². The number of hydrogen-bond donors (Lipinski definition) is 1. The Labute approximate surface area is 157 Å². The minimum absolute atomic E-state index is 0.0437. The van der Waals surface area contributed by atoms with Crippen molar-refractivity contribution in [3.63, 3.8) is 0 Å². The number of ether oxygens (including phenoxy) is 2. The Morgan fingerprint density at radius 3 is 2.70 bits per heavy atom. The second-order valence-electron chi connectivity index (χ2n) is 5.66. The molecular weight excluding hydrogens is 379 g/mol. The van der Waals surface area contributed by atoms with Crippen LogP contribution in [0.4, 0.5) is 13.2 Å². The van der Waals surface area contributed by atoms with E-state index in [0.29, 0.717) is 23.2 Å². The van der Waals surface area contributed by atoms with E-state index in [-0.39, 0.29) is 23.2 Å². The van der Waals surface area contributed by atoms with E-state index in [9.17, 15) is 18.0 Å². The summed E-state index contributed by atoms with van der Waals surface area (Å²) in [7, 11) is 1.36. The lowest BCUT2D eigenvalue weighted by atomic mass is 10.1. The third kappa shape index (κ3) is 4.71. The Bertz CT molecular complexity index is 959. The van der Waals surface area contributed by atoms with Gasteiger partial charge < -0.3 is 14.8 Å². The normalized spacial score (nSPS) is 11.0. The van der Waals surface area contributed by atoms with Gasteiger partial charge in [-0.2, -0.15) is 8.78 Å². The zero-order valence-corrected chi connectivity index (χ0v) is 15.1. The maximum Gasteiger partial charge on any atom is 0.387 e. The molecule has 0 fully saturated rings. The number of methoxy groups -OCH3 is 1. The second-order valence-corrected chi connectivity index (χ2v) is 6.75. The van der Waals surface area contributed by atoms with Crippen molar-refractivity contribution in [1.29, 1.82) is 0 Å². The zero-order chi connectivity index (χ0) is 19.4. The topological polar surface area (TPSA) is 47.6 Å². The molecule has 1 amide bonds. The van der Waals surface area contributed by atoms with Crippen LogP contribution in [-0.2, 0) is 6.42 Å². The molecule has 4 nitrogen and oxygen atoms in total. The molecule has 0 bridgehead atoms. The summed E-state index contributed by atoms with van der Waals surface area (Å²) in [6, 6.07) is 10.7. The molecule has 1 heterocycles. The summed E-state index contributed by atoms with van der Waals surface area (Å²) in [5.41, 5.74) is 0.798. The first kappa shape index (κ1) is 19.0. The zero-order valence-electron chi connectivity index (χ0n) is 14.3. The van der Waals surface area contributed by atoms with Gasteiger partial charge in [-0.05, 0) is 53.8 Å². The van der Waals surface area contributed by atoms with E-state index in [1.54, 1.807) is 24.3 Å². The van der Waals surface area contributed by atoms with Crippen molar-refractivity contribution in [2.45, 2.75) is 13.0 Å². The Morgan fingerprint density at radius 1 is 1.15 bits per heavy atom. The number of fused-ring (bicyclic) bond motifs is 1. The molecule has 0 saturated carbocycles. The summed E-state index contributed by atoms with van der Waals surface area (Å²) < 4.78 is 48.2. The number of thiophene rings is 1. The largest absolute Gasteiger partial charge is 0.493 e. The van der Waals surface area contributed by atoms with Gasteiger partial charge in [0.05, 0.1) is 12.0 Å². The maximum atomic E-state index is 13.2. The lowest BCUT2D eigenvalue weighted by Gasteiger charge is -2.11. The SMILES string of the molecule is COc1cc(CCNC(=O)c2cc3cc(F)ccc3s2)ccc1OC(F)F. The summed E-state index contributed by atoms with van der Waals surface area (Å²) in [6.07, 6.45) is 0.483. The molecule has 8 heteroatoms. The molecule has 0 radical (unpaired) electrons. The summed E-state index contributed by atoms with van der Waals surface area (Å²) >= 11 is 1.29. The number of rotatable bonds is 7. The van der Waals surface area contributed by atoms with Crippen molar-refractivity contribution < 1.29 is 27.4 Å². The van der Waals surface area contributed by atoms with Crippen LogP contribution in [0.5, 0.6) is 11.5 Å². The Morgan fingerprint density at radius 2 is 1.96 bits per heavy atom. The van der Waals surface area contributed by atoms with Crippen LogP contribution in [0.25, 0.3) is 10.1 Å². The number of amides is 1. The average Bonchev–Trinajstić information content (AvgIpc) is 3.05. The van der Waals surface area contributed by atoms with Crippen molar-refractivity contribution in [3.05, 3.63) is 58.7 Å². The Balaban J connectivity index is 1.60. The van der Waals surface area contributed by atoms with E-state index in [2.05, 4.69) is 10.1 Å². The predicted octanol–water partition coefficient (Wildman–Crippen LogP) is 4.62. The molecule has 0 aliphatic carbocycles. The van der Waals surface area contributed by atoms with E-state index in [4.69, 9.17) is 4.74 Å². The van der Waals surface area contributed by atoms with Crippen molar-refractivity contribution in [1.82, 2.24) is 5.32 Å². The van der Waals surface area contributed by atoms with Gasteiger partial charge >= 0.3 is 6.61 Å². The average molecular weight is 395 g/mol. The standard InChI is InChI=1S/C19H16F3NO3S/c1-25-15-8-11(2-4-14(15)26-19(21)22)6-7-23-18(24)17-10-12-9-13(20)3-5-16(12)27-17/h2-5,8-10,19H,6-7H2,1H3,(H,23,24). The molecule has 0 saturated heterocycles. The molecule has 3 aromatic rings. The predicted molar refractivity (Wildman–Crippen MR) is 97.4 cm³/mol. The van der Waals surface area contributed by atoms with Crippen LogP contribution in [-0.4, -0.2) is 26.2 Å². The van der Waals surface area contributed by atoms with Crippen molar-refractivity contribution in [3.8, 4) is 11.5 Å². The number of nitrogens with one attached hydrogen (secondary N) is 1. The van der Waals surface area contributed by atoms with Crippen LogP contribution in [0.1, 0.15) is 15.2 Å². The first-order valence-electron chi connectivity index (χ1n) is 8.05. The maximum absolute atomic E-state index is 13.2. The minimum Gasteiger partial charge on any atom is -0.493 e. The molecule has 1 aromatic heterocycles. The number of benzene rings is 2. The highest BCUT2D eigenvalue weighted by Gasteiger charge is 2.13. The van der Waals surface area contributed by atoms with Gasteiger partial charge in [0.2, 0.25) is 0 Å². The van der Waals surface area contributed by atoms with Crippen LogP contribution in [0.2, 0.25) is 0 Å². The number of hydrogen-bond acceptors (Lipinski definition) is 4. The van der Waals surface area contributed by atoms with E-state index < -0.39 is 6.61 Å². The molecule has 2 aromatic carbocycles. The van der Waals surface area contributed by atoms with E-state index in [0.717, 1.165) is 10.3 Å². The summed E-state index contributed by atoms with van der Waals surface area (Å²) in [5.74, 6) is -0.440. The Hall–Kier alpha value is -2.74. The van der Waals surface area contributed by atoms with Crippen LogP contribution in [0, 0.1) is 5.82 Å². The van der Waals surface area contributed by atoms with Gasteiger partial charge in [0.1, 0.15) is 5.82 Å². The molecular formula is C19H16F3NO3S. The second kappa shape index (κ2) is 8.30. The van der Waals surface area contributed by atoms with Gasteiger partial charge in [-0.25, -0.2) is 4.39 Å². The van der Waals surface area contributed by atoms with Crippen molar-refractivity contribution in [2.24, 2.45) is 0 Å². The Kier molecular flexibility index (Phi) is 5.85. The van der Waals surface area contributed by atoms with Gasteiger partial charge in [-0.15, -0.1) is 11.3 Å². The molecule has 0 unspecified atom stereocenters. The summed E-state index contributed by atoms with van der Waals surface area (Å²) in [6.45, 7) is -2.58. The molecule has 27 heavy (non-hydrogen) atoms. The van der Waals surface area contributed by atoms with Gasteiger partial charge in [-0.3, -0.25) is 4.79 Å². The minimum atomic E-state index is -2.93. The van der Waals surface area contributed by atoms with Crippen LogP contribution in [0.15, 0.2) is 42.5 Å². The quantitative estimate of drug-likeness (QED) is 0.635. The number of carbonyl (C=O) groups is 1. The van der Waals surface area contributed by atoms with Crippen LogP contribution in [0.3, 0.4) is 0 Å². The first-order valence-corrected chi connectivity index (χ1v) is 8.87. The summed E-state index contributed by atoms with van der Waals surface area (Å²) in [5, 5.41) is 3.48. The van der Waals surface area contributed by atoms with Crippen LogP contribution >= 0.6 is 11.3 Å². The molecule has 1 N–H and O–H groups in total. The smallest absolute Gasteiger partial charge is 0.387 e. The monoisotopic (exact) mass is 395 g/mol. The van der Waals surface area contributed by atoms with Gasteiger partial charge in [-0.1, -0.05) is 6.07 Å². The third-order valence-electron chi connectivity index (χ3n) is 3.85. The van der Waals surface area contributed by atoms with Crippen molar-refractivity contribution >= 4 is 27.3 Å². The highest BCUT2D eigenvalue weighted by Crippen LogP contribution is 2.29. The number of halogens is 3. The van der Waals surface area contributed by atoms with E-state index >= 15 is 0 Å². The van der Waals surface area contributed by atoms with Crippen LogP contribution < -0.4 is 14.8 Å².